The highest BCUT2D eigenvalue weighted by atomic mass is 16.5. The molecule has 20 heavy (non-hydrogen) atoms. The predicted molar refractivity (Wildman–Crippen MR) is 81.9 cm³/mol. The van der Waals surface area contributed by atoms with Gasteiger partial charge in [-0.1, -0.05) is 39.5 Å². The first-order valence-corrected chi connectivity index (χ1v) is 7.48. The Morgan fingerprint density at radius 1 is 1.05 bits per heavy atom. The molecule has 5 nitrogen and oxygen atoms in total. The lowest BCUT2D eigenvalue weighted by Gasteiger charge is -2.01. The Hall–Kier alpha value is -0.650. The first kappa shape index (κ1) is 24.4. The molecule has 0 aromatic carbocycles. The van der Waals surface area contributed by atoms with Crippen molar-refractivity contribution in [3.05, 3.63) is 0 Å². The first-order valence-electron chi connectivity index (χ1n) is 7.48. The molecule has 3 N–H and O–H groups in total. The van der Waals surface area contributed by atoms with Gasteiger partial charge in [0, 0.05) is 20.1 Å². The molecule has 0 aliphatic carbocycles. The summed E-state index contributed by atoms with van der Waals surface area (Å²) >= 11 is 0. The molecule has 0 amide bonds. The van der Waals surface area contributed by atoms with E-state index in [1.54, 1.807) is 0 Å². The van der Waals surface area contributed by atoms with Crippen molar-refractivity contribution >= 4 is 5.97 Å². The molecule has 0 aromatic heterocycles. The molecule has 0 saturated carbocycles. The van der Waals surface area contributed by atoms with Crippen LogP contribution in [0.25, 0.3) is 0 Å². The summed E-state index contributed by atoms with van der Waals surface area (Å²) in [5, 5.41) is 23.4. The zero-order valence-corrected chi connectivity index (χ0v) is 13.6. The van der Waals surface area contributed by atoms with E-state index in [2.05, 4.69) is 13.8 Å². The Kier molecular flexibility index (Phi) is 28.6. The third-order valence-electron chi connectivity index (χ3n) is 2.05. The van der Waals surface area contributed by atoms with Crippen molar-refractivity contribution in [3.8, 4) is 0 Å². The molecule has 0 aliphatic rings. The zero-order valence-electron chi connectivity index (χ0n) is 13.6. The molecular formula is C15H34O5. The Balaban J connectivity index is -0.000000266. The number of unbranched alkanes of at least 4 members (excludes halogenated alkanes) is 4. The maximum atomic E-state index is 9.00. The van der Waals surface area contributed by atoms with E-state index in [-0.39, 0.29) is 6.61 Å². The summed E-state index contributed by atoms with van der Waals surface area (Å²) < 4.78 is 5.44. The Labute approximate surface area is 124 Å². The monoisotopic (exact) mass is 294 g/mol. The molecule has 0 saturated heterocycles. The lowest BCUT2D eigenvalue weighted by atomic mass is 10.2. The quantitative estimate of drug-likeness (QED) is 0.569. The maximum absolute atomic E-state index is 9.00. The van der Waals surface area contributed by atoms with Crippen molar-refractivity contribution < 1.29 is 24.9 Å². The number of aliphatic carboxylic acids is 1. The van der Waals surface area contributed by atoms with Gasteiger partial charge in [-0.2, -0.15) is 0 Å². The average molecular weight is 294 g/mol. The number of carboxylic acids is 1. The van der Waals surface area contributed by atoms with Crippen LogP contribution < -0.4 is 0 Å². The normalized spacial score (nSPS) is 10.7. The lowest BCUT2D eigenvalue weighted by Crippen LogP contribution is -2.03. The molecule has 1 unspecified atom stereocenters. The smallest absolute Gasteiger partial charge is 0.300 e. The van der Waals surface area contributed by atoms with Crippen molar-refractivity contribution in [3.63, 3.8) is 0 Å². The SMILES string of the molecule is CC(=O)O.CC(O)CO.CCCCCOCCCCC. The van der Waals surface area contributed by atoms with Crippen LogP contribution in [0.3, 0.4) is 0 Å². The number of ether oxygens (including phenoxy) is 1. The van der Waals surface area contributed by atoms with Gasteiger partial charge in [-0.05, 0) is 19.8 Å². The summed E-state index contributed by atoms with van der Waals surface area (Å²) in [5.41, 5.74) is 0. The fraction of sp³-hybridized carbons (Fsp3) is 0.933. The second kappa shape index (κ2) is 23.4. The van der Waals surface area contributed by atoms with E-state index in [1.165, 1.54) is 45.4 Å². The minimum Gasteiger partial charge on any atom is -0.481 e. The van der Waals surface area contributed by atoms with Crippen LogP contribution >= 0.6 is 0 Å². The fourth-order valence-electron chi connectivity index (χ4n) is 1.01. The lowest BCUT2D eigenvalue weighted by molar-refractivity contribution is -0.134. The van der Waals surface area contributed by atoms with E-state index < -0.39 is 12.1 Å². The highest BCUT2D eigenvalue weighted by Crippen LogP contribution is 1.97. The molecule has 0 aliphatic heterocycles. The van der Waals surface area contributed by atoms with Crippen molar-refractivity contribution in [2.24, 2.45) is 0 Å². The largest absolute Gasteiger partial charge is 0.481 e. The van der Waals surface area contributed by atoms with E-state index in [9.17, 15) is 0 Å². The van der Waals surface area contributed by atoms with E-state index in [4.69, 9.17) is 24.9 Å². The highest BCUT2D eigenvalue weighted by Gasteiger charge is 1.88. The Bertz CT molecular complexity index is 160. The molecule has 0 aromatic rings. The van der Waals surface area contributed by atoms with Crippen molar-refractivity contribution in [2.45, 2.75) is 72.3 Å². The van der Waals surface area contributed by atoms with E-state index >= 15 is 0 Å². The van der Waals surface area contributed by atoms with Crippen molar-refractivity contribution in [1.82, 2.24) is 0 Å². The van der Waals surface area contributed by atoms with Gasteiger partial charge in [-0.25, -0.2) is 0 Å². The van der Waals surface area contributed by atoms with Crippen LogP contribution in [-0.4, -0.2) is 47.2 Å². The van der Waals surface area contributed by atoms with Gasteiger partial charge in [0.2, 0.25) is 0 Å². The third-order valence-corrected chi connectivity index (χ3v) is 2.05. The van der Waals surface area contributed by atoms with Gasteiger partial charge in [-0.15, -0.1) is 0 Å². The number of hydrogen-bond donors (Lipinski definition) is 3. The summed E-state index contributed by atoms with van der Waals surface area (Å²) in [5.74, 6) is -0.833. The first-order chi connectivity index (χ1) is 9.42. The van der Waals surface area contributed by atoms with Crippen LogP contribution in [0.5, 0.6) is 0 Å². The number of carbonyl (C=O) groups is 1. The van der Waals surface area contributed by atoms with Crippen LogP contribution in [0.1, 0.15) is 66.2 Å². The van der Waals surface area contributed by atoms with E-state index in [1.807, 2.05) is 0 Å². The van der Waals surface area contributed by atoms with Crippen LogP contribution in [0, 0.1) is 0 Å². The zero-order chi connectivity index (χ0) is 16.2. The summed E-state index contributed by atoms with van der Waals surface area (Å²) in [6, 6.07) is 0. The molecule has 0 radical (unpaired) electrons. The Morgan fingerprint density at radius 3 is 1.55 bits per heavy atom. The summed E-state index contributed by atoms with van der Waals surface area (Å²) in [7, 11) is 0. The molecular weight excluding hydrogens is 260 g/mol. The van der Waals surface area contributed by atoms with Crippen LogP contribution in [0.4, 0.5) is 0 Å². The standard InChI is InChI=1S/C10H22O.C3H8O2.C2H4O2/c1-3-5-7-9-11-10-8-6-4-2;1-3(5)2-4;1-2(3)4/h3-10H2,1-2H3;3-5H,2H2,1H3;1H3,(H,3,4). The topological polar surface area (TPSA) is 87.0 Å². The number of aliphatic hydroxyl groups is 2. The van der Waals surface area contributed by atoms with Crippen LogP contribution in [0.15, 0.2) is 0 Å². The second-order valence-corrected chi connectivity index (χ2v) is 4.58. The molecule has 0 bridgehead atoms. The van der Waals surface area contributed by atoms with Crippen LogP contribution in [0.2, 0.25) is 0 Å². The molecule has 124 valence electrons. The molecule has 1 atom stereocenters. The van der Waals surface area contributed by atoms with Gasteiger partial charge < -0.3 is 20.1 Å². The van der Waals surface area contributed by atoms with E-state index in [0.29, 0.717) is 0 Å². The summed E-state index contributed by atoms with van der Waals surface area (Å²) in [6.07, 6.45) is 7.12. The third kappa shape index (κ3) is 53.1. The van der Waals surface area contributed by atoms with Gasteiger partial charge in [0.1, 0.15) is 0 Å². The number of hydrogen-bond acceptors (Lipinski definition) is 4. The van der Waals surface area contributed by atoms with Gasteiger partial charge in [0.15, 0.2) is 0 Å². The molecule has 0 spiro atoms. The maximum Gasteiger partial charge on any atom is 0.300 e. The number of rotatable bonds is 9. The number of aliphatic hydroxyl groups excluding tert-OH is 2. The highest BCUT2D eigenvalue weighted by molar-refractivity contribution is 5.62. The minimum absolute atomic E-state index is 0.139. The van der Waals surface area contributed by atoms with Gasteiger partial charge in [0.25, 0.3) is 5.97 Å². The second-order valence-electron chi connectivity index (χ2n) is 4.58. The van der Waals surface area contributed by atoms with Crippen LogP contribution in [-0.2, 0) is 9.53 Å². The van der Waals surface area contributed by atoms with E-state index in [0.717, 1.165) is 20.1 Å². The molecule has 0 heterocycles. The number of carboxylic acid groups (broad SMARTS) is 1. The van der Waals surface area contributed by atoms with Gasteiger partial charge in [0.05, 0.1) is 12.7 Å². The Morgan fingerprint density at radius 2 is 1.35 bits per heavy atom. The van der Waals surface area contributed by atoms with Gasteiger partial charge >= 0.3 is 0 Å². The molecule has 0 fully saturated rings. The predicted octanol–water partition coefficient (Wildman–Crippen LogP) is 2.83. The molecule has 0 rings (SSSR count). The fourth-order valence-corrected chi connectivity index (χ4v) is 1.01. The van der Waals surface area contributed by atoms with Crippen molar-refractivity contribution in [2.75, 3.05) is 19.8 Å². The average Bonchev–Trinajstić information content (AvgIpc) is 2.38. The van der Waals surface area contributed by atoms with Crippen molar-refractivity contribution in [1.29, 1.82) is 0 Å². The minimum atomic E-state index is -0.833. The van der Waals surface area contributed by atoms with Gasteiger partial charge in [-0.3, -0.25) is 4.79 Å². The molecule has 5 heteroatoms. The summed E-state index contributed by atoms with van der Waals surface area (Å²) in [6.45, 7) is 8.85. The summed E-state index contributed by atoms with van der Waals surface area (Å²) in [4.78, 5) is 9.00.